The van der Waals surface area contributed by atoms with Crippen LogP contribution in [0.5, 0.6) is 0 Å². The van der Waals surface area contributed by atoms with Crippen LogP contribution >= 0.6 is 11.6 Å². The smallest absolute Gasteiger partial charge is 0.280 e. The van der Waals surface area contributed by atoms with Gasteiger partial charge in [-0.1, -0.05) is 48.0 Å². The van der Waals surface area contributed by atoms with Crippen molar-refractivity contribution in [3.8, 4) is 11.3 Å². The van der Waals surface area contributed by atoms with Crippen LogP contribution in [-0.2, 0) is 0 Å². The van der Waals surface area contributed by atoms with Crippen LogP contribution in [0.1, 0.15) is 10.4 Å². The lowest BCUT2D eigenvalue weighted by Crippen LogP contribution is -2.24. The van der Waals surface area contributed by atoms with Crippen LogP contribution in [0.25, 0.3) is 22.0 Å². The molecule has 3 aromatic rings. The van der Waals surface area contributed by atoms with Gasteiger partial charge in [-0.05, 0) is 12.1 Å². The van der Waals surface area contributed by atoms with Crippen molar-refractivity contribution >= 4 is 34.2 Å². The first-order valence-electron chi connectivity index (χ1n) is 6.84. The van der Waals surface area contributed by atoms with Crippen LogP contribution in [0.3, 0.4) is 0 Å². The molecule has 0 aliphatic rings. The lowest BCUT2D eigenvalue weighted by molar-refractivity contribution is 0.100. The SMILES string of the molecule is NC(N)=NC(=O)c1ccc2c(Cl)cnc(-c3ccccc3)c2c1. The zero-order valence-corrected chi connectivity index (χ0v) is 12.8. The topological polar surface area (TPSA) is 94.4 Å². The normalized spacial score (nSPS) is 10.5. The third kappa shape index (κ3) is 3.00. The number of hydrogen-bond donors (Lipinski definition) is 2. The van der Waals surface area contributed by atoms with E-state index >= 15 is 0 Å². The first-order chi connectivity index (χ1) is 11.1. The summed E-state index contributed by atoms with van der Waals surface area (Å²) >= 11 is 6.22. The Balaban J connectivity index is 2.24. The minimum atomic E-state index is -0.508. The van der Waals surface area contributed by atoms with E-state index in [1.54, 1.807) is 24.4 Å². The van der Waals surface area contributed by atoms with Crippen LogP contribution < -0.4 is 11.5 Å². The molecule has 0 aliphatic carbocycles. The highest BCUT2D eigenvalue weighted by molar-refractivity contribution is 6.35. The number of hydrogen-bond acceptors (Lipinski definition) is 2. The van der Waals surface area contributed by atoms with Gasteiger partial charge in [-0.2, -0.15) is 4.99 Å². The first-order valence-corrected chi connectivity index (χ1v) is 7.21. The molecule has 6 heteroatoms. The Morgan fingerprint density at radius 1 is 1.04 bits per heavy atom. The Morgan fingerprint density at radius 2 is 1.78 bits per heavy atom. The van der Waals surface area contributed by atoms with Crippen LogP contribution in [0.2, 0.25) is 5.02 Å². The molecular weight excluding hydrogens is 312 g/mol. The highest BCUT2D eigenvalue weighted by Gasteiger charge is 2.12. The van der Waals surface area contributed by atoms with E-state index in [1.165, 1.54) is 0 Å². The van der Waals surface area contributed by atoms with Gasteiger partial charge in [0.05, 0.1) is 10.7 Å². The van der Waals surface area contributed by atoms with E-state index in [-0.39, 0.29) is 5.96 Å². The summed E-state index contributed by atoms with van der Waals surface area (Å²) in [6, 6.07) is 14.8. The number of benzene rings is 2. The maximum absolute atomic E-state index is 12.0. The van der Waals surface area contributed by atoms with Crippen LogP contribution in [0, 0.1) is 0 Å². The fraction of sp³-hybridized carbons (Fsp3) is 0. The molecular formula is C17H13ClN4O. The van der Waals surface area contributed by atoms with E-state index in [2.05, 4.69) is 9.98 Å². The standard InChI is InChI=1S/C17H13ClN4O/c18-14-9-21-15(10-4-2-1-3-5-10)13-8-11(6-7-12(13)14)16(23)22-17(19)20/h1-9H,(H4,19,20,22,23). The zero-order chi connectivity index (χ0) is 16.4. The zero-order valence-electron chi connectivity index (χ0n) is 12.0. The summed E-state index contributed by atoms with van der Waals surface area (Å²) in [6.07, 6.45) is 1.60. The lowest BCUT2D eigenvalue weighted by atomic mass is 10.0. The number of pyridine rings is 1. The maximum Gasteiger partial charge on any atom is 0.280 e. The molecule has 5 nitrogen and oxygen atoms in total. The molecule has 0 radical (unpaired) electrons. The maximum atomic E-state index is 12.0. The lowest BCUT2D eigenvalue weighted by Gasteiger charge is -2.08. The van der Waals surface area contributed by atoms with Gasteiger partial charge < -0.3 is 11.5 Å². The van der Waals surface area contributed by atoms with Crippen molar-refractivity contribution in [2.75, 3.05) is 0 Å². The van der Waals surface area contributed by atoms with Crippen molar-refractivity contribution < 1.29 is 4.79 Å². The molecule has 0 fully saturated rings. The number of amides is 1. The number of nitrogens with zero attached hydrogens (tertiary/aromatic N) is 2. The number of halogens is 1. The fourth-order valence-electron chi connectivity index (χ4n) is 2.35. The van der Waals surface area contributed by atoms with Gasteiger partial charge in [-0.15, -0.1) is 0 Å². The number of fused-ring (bicyclic) bond motifs is 1. The Kier molecular flexibility index (Phi) is 3.95. The monoisotopic (exact) mass is 324 g/mol. The second kappa shape index (κ2) is 6.06. The van der Waals surface area contributed by atoms with Crippen molar-refractivity contribution in [2.24, 2.45) is 16.5 Å². The molecule has 1 amide bonds. The Bertz CT molecular complexity index is 919. The van der Waals surface area contributed by atoms with E-state index in [1.807, 2.05) is 30.3 Å². The average molecular weight is 325 g/mol. The van der Waals surface area contributed by atoms with E-state index in [0.29, 0.717) is 10.6 Å². The molecule has 114 valence electrons. The molecule has 3 rings (SSSR count). The molecule has 0 spiro atoms. The quantitative estimate of drug-likeness (QED) is 0.559. The minimum absolute atomic E-state index is 0.275. The van der Waals surface area contributed by atoms with Crippen LogP contribution in [0.4, 0.5) is 0 Å². The number of guanidine groups is 1. The molecule has 0 saturated heterocycles. The molecule has 0 saturated carbocycles. The highest BCUT2D eigenvalue weighted by Crippen LogP contribution is 2.31. The van der Waals surface area contributed by atoms with Crippen LogP contribution in [-0.4, -0.2) is 16.9 Å². The predicted octanol–water partition coefficient (Wildman–Crippen LogP) is 2.97. The summed E-state index contributed by atoms with van der Waals surface area (Å²) in [5, 5.41) is 2.09. The Labute approximate surface area is 137 Å². The largest absolute Gasteiger partial charge is 0.370 e. The first kappa shape index (κ1) is 15.0. The number of aromatic nitrogens is 1. The third-order valence-corrected chi connectivity index (χ3v) is 3.66. The van der Waals surface area contributed by atoms with E-state index < -0.39 is 5.91 Å². The van der Waals surface area contributed by atoms with Gasteiger partial charge in [-0.3, -0.25) is 9.78 Å². The van der Waals surface area contributed by atoms with Crippen molar-refractivity contribution in [2.45, 2.75) is 0 Å². The summed E-state index contributed by atoms with van der Waals surface area (Å²) in [5.74, 6) is -0.784. The highest BCUT2D eigenvalue weighted by atomic mass is 35.5. The summed E-state index contributed by atoms with van der Waals surface area (Å²) in [5.41, 5.74) is 12.6. The van der Waals surface area contributed by atoms with E-state index in [4.69, 9.17) is 23.1 Å². The summed E-state index contributed by atoms with van der Waals surface area (Å²) in [7, 11) is 0. The van der Waals surface area contributed by atoms with Gasteiger partial charge in [0.15, 0.2) is 5.96 Å². The van der Waals surface area contributed by atoms with Gasteiger partial charge >= 0.3 is 0 Å². The molecule has 1 aromatic heterocycles. The Morgan fingerprint density at radius 3 is 2.48 bits per heavy atom. The van der Waals surface area contributed by atoms with E-state index in [9.17, 15) is 4.79 Å². The molecule has 0 aliphatic heterocycles. The van der Waals surface area contributed by atoms with Crippen molar-refractivity contribution in [1.29, 1.82) is 0 Å². The fourth-order valence-corrected chi connectivity index (χ4v) is 2.56. The van der Waals surface area contributed by atoms with Gasteiger partial charge in [0.25, 0.3) is 5.91 Å². The van der Waals surface area contributed by atoms with Gasteiger partial charge in [0, 0.05) is 28.1 Å². The second-order valence-corrected chi connectivity index (χ2v) is 5.33. The molecule has 2 aromatic carbocycles. The van der Waals surface area contributed by atoms with E-state index in [0.717, 1.165) is 22.0 Å². The second-order valence-electron chi connectivity index (χ2n) is 4.92. The summed E-state index contributed by atoms with van der Waals surface area (Å²) in [4.78, 5) is 20.0. The third-order valence-electron chi connectivity index (χ3n) is 3.36. The van der Waals surface area contributed by atoms with Gasteiger partial charge in [-0.25, -0.2) is 0 Å². The minimum Gasteiger partial charge on any atom is -0.370 e. The summed E-state index contributed by atoms with van der Waals surface area (Å²) in [6.45, 7) is 0. The number of rotatable bonds is 2. The van der Waals surface area contributed by atoms with Crippen molar-refractivity contribution in [3.63, 3.8) is 0 Å². The molecule has 0 bridgehead atoms. The number of nitrogens with two attached hydrogens (primary N) is 2. The number of carbonyl (C=O) groups is 1. The molecule has 23 heavy (non-hydrogen) atoms. The number of aliphatic imine (C=N–C) groups is 1. The van der Waals surface area contributed by atoms with Gasteiger partial charge in [0.2, 0.25) is 0 Å². The number of carbonyl (C=O) groups excluding carboxylic acids is 1. The molecule has 0 unspecified atom stereocenters. The molecule has 0 atom stereocenters. The van der Waals surface area contributed by atoms with Crippen LogP contribution in [0.15, 0.2) is 59.7 Å². The Hall–Kier alpha value is -2.92. The molecule has 4 N–H and O–H groups in total. The van der Waals surface area contributed by atoms with Crippen molar-refractivity contribution in [1.82, 2.24) is 4.98 Å². The average Bonchev–Trinajstić information content (AvgIpc) is 2.55. The summed E-state index contributed by atoms with van der Waals surface area (Å²) < 4.78 is 0. The van der Waals surface area contributed by atoms with Gasteiger partial charge in [0.1, 0.15) is 0 Å². The predicted molar refractivity (Wildman–Crippen MR) is 92.3 cm³/mol. The van der Waals surface area contributed by atoms with Crippen molar-refractivity contribution in [3.05, 3.63) is 65.3 Å². The molecule has 1 heterocycles.